The lowest BCUT2D eigenvalue weighted by molar-refractivity contribution is -0.384. The van der Waals surface area contributed by atoms with Gasteiger partial charge in [0.2, 0.25) is 11.8 Å². The second-order valence-corrected chi connectivity index (χ2v) is 6.43. The zero-order valence-electron chi connectivity index (χ0n) is 14.6. The number of aromatic nitrogens is 4. The molecule has 2 heterocycles. The van der Waals surface area contributed by atoms with Crippen molar-refractivity contribution in [3.05, 3.63) is 70.2 Å². The van der Waals surface area contributed by atoms with Crippen molar-refractivity contribution in [2.24, 2.45) is 0 Å². The Hall–Kier alpha value is -3.49. The molecule has 0 spiro atoms. The smallest absolute Gasteiger partial charge is 0.329 e. The molecule has 0 atom stereocenters. The van der Waals surface area contributed by atoms with E-state index in [2.05, 4.69) is 31.8 Å². The SMILES string of the molecule is O=[N+]([O-])c1cnc(NCc2ccccc2Cn2cccn2)nc1NC1CC1. The predicted molar refractivity (Wildman–Crippen MR) is 100 cm³/mol. The summed E-state index contributed by atoms with van der Waals surface area (Å²) >= 11 is 0. The molecule has 1 aromatic carbocycles. The van der Waals surface area contributed by atoms with Crippen LogP contribution in [0, 0.1) is 10.1 Å². The zero-order chi connectivity index (χ0) is 18.6. The second kappa shape index (κ2) is 7.40. The number of rotatable bonds is 8. The van der Waals surface area contributed by atoms with Gasteiger partial charge in [-0.05, 0) is 30.0 Å². The van der Waals surface area contributed by atoms with Crippen molar-refractivity contribution in [1.29, 1.82) is 0 Å². The average molecular weight is 365 g/mol. The third-order valence-electron chi connectivity index (χ3n) is 4.33. The number of hydrogen-bond donors (Lipinski definition) is 2. The van der Waals surface area contributed by atoms with Gasteiger partial charge in [0.15, 0.2) is 0 Å². The zero-order valence-corrected chi connectivity index (χ0v) is 14.6. The van der Waals surface area contributed by atoms with E-state index in [1.54, 1.807) is 6.20 Å². The quantitative estimate of drug-likeness (QED) is 0.466. The molecule has 9 heteroatoms. The maximum absolute atomic E-state index is 11.2. The largest absolute Gasteiger partial charge is 0.361 e. The van der Waals surface area contributed by atoms with E-state index in [1.807, 2.05) is 35.1 Å². The molecule has 0 bridgehead atoms. The van der Waals surface area contributed by atoms with E-state index in [9.17, 15) is 10.1 Å². The number of hydrogen-bond acceptors (Lipinski definition) is 7. The van der Waals surface area contributed by atoms with Crippen LogP contribution in [0.15, 0.2) is 48.9 Å². The number of anilines is 2. The fraction of sp³-hybridized carbons (Fsp3) is 0.278. The Morgan fingerprint density at radius 2 is 2.04 bits per heavy atom. The fourth-order valence-electron chi connectivity index (χ4n) is 2.75. The number of nitrogens with zero attached hydrogens (tertiary/aromatic N) is 5. The molecular weight excluding hydrogens is 346 g/mol. The maximum atomic E-state index is 11.2. The molecule has 0 aliphatic heterocycles. The predicted octanol–water partition coefficient (Wildman–Crippen LogP) is 2.82. The van der Waals surface area contributed by atoms with Gasteiger partial charge in [-0.2, -0.15) is 10.1 Å². The number of benzene rings is 1. The minimum atomic E-state index is -0.464. The minimum Gasteiger partial charge on any atom is -0.361 e. The summed E-state index contributed by atoms with van der Waals surface area (Å²) in [6.45, 7) is 1.18. The molecule has 0 amide bonds. The van der Waals surface area contributed by atoms with Gasteiger partial charge in [-0.15, -0.1) is 0 Å². The minimum absolute atomic E-state index is 0.105. The normalized spacial score (nSPS) is 13.3. The summed E-state index contributed by atoms with van der Waals surface area (Å²) < 4.78 is 1.86. The Morgan fingerprint density at radius 1 is 1.22 bits per heavy atom. The van der Waals surface area contributed by atoms with Crippen molar-refractivity contribution in [3.63, 3.8) is 0 Å². The summed E-state index contributed by atoms with van der Waals surface area (Å²) in [5.74, 6) is 0.627. The van der Waals surface area contributed by atoms with Gasteiger partial charge in [-0.1, -0.05) is 24.3 Å². The molecule has 2 aromatic heterocycles. The highest BCUT2D eigenvalue weighted by Gasteiger charge is 2.26. The topological polar surface area (TPSA) is 111 Å². The molecule has 27 heavy (non-hydrogen) atoms. The molecule has 4 rings (SSSR count). The molecule has 0 saturated heterocycles. The highest BCUT2D eigenvalue weighted by molar-refractivity contribution is 5.58. The molecular formula is C18H19N7O2. The molecule has 0 unspecified atom stereocenters. The monoisotopic (exact) mass is 365 g/mol. The second-order valence-electron chi connectivity index (χ2n) is 6.43. The van der Waals surface area contributed by atoms with Crippen LogP contribution < -0.4 is 10.6 Å². The highest BCUT2D eigenvalue weighted by Crippen LogP contribution is 2.29. The van der Waals surface area contributed by atoms with Crippen LogP contribution in [0.3, 0.4) is 0 Å². The van der Waals surface area contributed by atoms with Gasteiger partial charge < -0.3 is 10.6 Å². The van der Waals surface area contributed by atoms with E-state index < -0.39 is 4.92 Å². The van der Waals surface area contributed by atoms with E-state index in [1.165, 1.54) is 6.20 Å². The van der Waals surface area contributed by atoms with Gasteiger partial charge in [0, 0.05) is 25.0 Å². The lowest BCUT2D eigenvalue weighted by Crippen LogP contribution is -2.11. The molecule has 9 nitrogen and oxygen atoms in total. The van der Waals surface area contributed by atoms with E-state index in [-0.39, 0.29) is 17.5 Å². The van der Waals surface area contributed by atoms with Crippen LogP contribution in [0.25, 0.3) is 0 Å². The molecule has 0 radical (unpaired) electrons. The van der Waals surface area contributed by atoms with Crippen molar-refractivity contribution in [3.8, 4) is 0 Å². The van der Waals surface area contributed by atoms with Gasteiger partial charge in [0.05, 0.1) is 11.5 Å². The molecule has 3 aromatic rings. The van der Waals surface area contributed by atoms with Crippen LogP contribution in [-0.4, -0.2) is 30.7 Å². The van der Waals surface area contributed by atoms with Gasteiger partial charge in [-0.3, -0.25) is 14.8 Å². The lowest BCUT2D eigenvalue weighted by atomic mass is 10.1. The van der Waals surface area contributed by atoms with Crippen molar-refractivity contribution < 1.29 is 4.92 Å². The van der Waals surface area contributed by atoms with Crippen molar-refractivity contribution in [2.75, 3.05) is 10.6 Å². The van der Waals surface area contributed by atoms with Gasteiger partial charge in [-0.25, -0.2) is 4.98 Å². The van der Waals surface area contributed by atoms with E-state index >= 15 is 0 Å². The molecule has 2 N–H and O–H groups in total. The average Bonchev–Trinajstić information content (AvgIpc) is 3.33. The third kappa shape index (κ3) is 4.20. The van der Waals surface area contributed by atoms with E-state index in [4.69, 9.17) is 0 Å². The summed E-state index contributed by atoms with van der Waals surface area (Å²) in [5, 5.41) is 21.7. The van der Waals surface area contributed by atoms with Crippen LogP contribution in [0.2, 0.25) is 0 Å². The Balaban J connectivity index is 1.49. The Kier molecular flexibility index (Phi) is 4.65. The molecule has 138 valence electrons. The van der Waals surface area contributed by atoms with Crippen LogP contribution in [0.5, 0.6) is 0 Å². The van der Waals surface area contributed by atoms with Gasteiger partial charge in [0.1, 0.15) is 6.20 Å². The first-order valence-corrected chi connectivity index (χ1v) is 8.75. The molecule has 1 fully saturated rings. The lowest BCUT2D eigenvalue weighted by Gasteiger charge is -2.12. The first-order chi connectivity index (χ1) is 13.2. The van der Waals surface area contributed by atoms with Gasteiger partial charge in [0.25, 0.3) is 0 Å². The van der Waals surface area contributed by atoms with Gasteiger partial charge >= 0.3 is 5.69 Å². The first-order valence-electron chi connectivity index (χ1n) is 8.75. The Morgan fingerprint density at radius 3 is 2.74 bits per heavy atom. The summed E-state index contributed by atoms with van der Waals surface area (Å²) in [6, 6.07) is 10.2. The number of nitro groups is 1. The standard InChI is InChI=1S/C18H19N7O2/c26-25(27)16-11-20-18(23-17(16)22-15-6-7-15)19-10-13-4-1-2-5-14(13)12-24-9-3-8-21-24/h1-5,8-9,11,15H,6-7,10,12H2,(H2,19,20,22,23). The summed E-state index contributed by atoms with van der Waals surface area (Å²) in [6.07, 6.45) is 6.92. The fourth-order valence-corrected chi connectivity index (χ4v) is 2.75. The molecule has 1 aliphatic carbocycles. The summed E-state index contributed by atoms with van der Waals surface area (Å²) in [7, 11) is 0. The summed E-state index contributed by atoms with van der Waals surface area (Å²) in [4.78, 5) is 19.1. The Labute approximate surface area is 155 Å². The van der Waals surface area contributed by atoms with E-state index in [0.717, 1.165) is 24.0 Å². The van der Waals surface area contributed by atoms with Crippen molar-refractivity contribution >= 4 is 17.5 Å². The summed E-state index contributed by atoms with van der Waals surface area (Å²) in [5.41, 5.74) is 2.12. The number of nitrogens with one attached hydrogen (secondary N) is 2. The highest BCUT2D eigenvalue weighted by atomic mass is 16.6. The molecule has 1 saturated carbocycles. The van der Waals surface area contributed by atoms with Crippen LogP contribution in [-0.2, 0) is 13.1 Å². The Bertz CT molecular complexity index is 939. The molecule has 1 aliphatic rings. The van der Waals surface area contributed by atoms with Crippen molar-refractivity contribution in [1.82, 2.24) is 19.7 Å². The third-order valence-corrected chi connectivity index (χ3v) is 4.33. The van der Waals surface area contributed by atoms with E-state index in [0.29, 0.717) is 19.0 Å². The van der Waals surface area contributed by atoms with Crippen LogP contribution >= 0.6 is 0 Å². The van der Waals surface area contributed by atoms with Crippen molar-refractivity contribution in [2.45, 2.75) is 32.0 Å². The van der Waals surface area contributed by atoms with Crippen LogP contribution in [0.4, 0.5) is 17.5 Å². The first kappa shape index (κ1) is 17.0. The maximum Gasteiger partial charge on any atom is 0.329 e. The van der Waals surface area contributed by atoms with Crippen LogP contribution in [0.1, 0.15) is 24.0 Å².